The molecule has 0 aromatic heterocycles. The summed E-state index contributed by atoms with van der Waals surface area (Å²) in [7, 11) is 0. The third kappa shape index (κ3) is 8.91. The number of hydrogen-bond donors (Lipinski definition) is 2. The van der Waals surface area contributed by atoms with Crippen molar-refractivity contribution in [3.05, 3.63) is 108 Å². The Labute approximate surface area is 193 Å². The highest BCUT2D eigenvalue weighted by molar-refractivity contribution is 5.92. The van der Waals surface area contributed by atoms with Crippen LogP contribution in [0.2, 0.25) is 0 Å². The van der Waals surface area contributed by atoms with E-state index in [2.05, 4.69) is 0 Å². The number of rotatable bonds is 8. The molecule has 6 heteroatoms. The fourth-order valence-electron chi connectivity index (χ4n) is 2.68. The highest BCUT2D eigenvalue weighted by atomic mass is 16.5. The summed E-state index contributed by atoms with van der Waals surface area (Å²) in [4.78, 5) is 23.1. The number of aromatic hydroxyl groups is 2. The Morgan fingerprint density at radius 1 is 0.727 bits per heavy atom. The van der Waals surface area contributed by atoms with E-state index in [-0.39, 0.29) is 29.2 Å². The third-order valence-electron chi connectivity index (χ3n) is 4.38. The van der Waals surface area contributed by atoms with E-state index in [9.17, 15) is 19.8 Å². The highest BCUT2D eigenvalue weighted by Gasteiger charge is 2.12. The molecular weight excluding hydrogens is 420 g/mol. The molecule has 0 aliphatic heterocycles. The molecule has 0 atom stereocenters. The summed E-state index contributed by atoms with van der Waals surface area (Å²) >= 11 is 0. The molecule has 172 valence electrons. The van der Waals surface area contributed by atoms with Gasteiger partial charge in [0.2, 0.25) is 0 Å². The smallest absolute Gasteiger partial charge is 0.342 e. The van der Waals surface area contributed by atoms with Gasteiger partial charge >= 0.3 is 11.9 Å². The molecule has 0 heterocycles. The molecule has 0 unspecified atom stereocenters. The quantitative estimate of drug-likeness (QED) is 0.263. The summed E-state index contributed by atoms with van der Waals surface area (Å²) in [6.45, 7) is 2.59. The van der Waals surface area contributed by atoms with Crippen molar-refractivity contribution in [3.8, 4) is 11.5 Å². The zero-order chi connectivity index (χ0) is 23.9. The van der Waals surface area contributed by atoms with Crippen LogP contribution in [0.15, 0.2) is 91.0 Å². The third-order valence-corrected chi connectivity index (χ3v) is 4.38. The minimum atomic E-state index is -0.521. The number of carbonyl (C=O) groups excluding carboxylic acids is 2. The zero-order valence-corrected chi connectivity index (χ0v) is 18.5. The molecule has 33 heavy (non-hydrogen) atoms. The summed E-state index contributed by atoms with van der Waals surface area (Å²) in [6, 6.07) is 22.1. The molecule has 0 amide bonds. The standard InChI is InChI=1S/C14H12O3.C13H16O3/c15-13-9-5-4-8-12(13)14(16)17-10-11-6-2-1-3-7-11;1-2-3-4-7-10-16-13(15)11-8-5-6-9-12(11)14/h1-9,15H,10H2;3-6,8-9,14H,2,7,10H2,1H3. The van der Waals surface area contributed by atoms with Crippen molar-refractivity contribution in [1.29, 1.82) is 0 Å². The minimum Gasteiger partial charge on any atom is -0.507 e. The van der Waals surface area contributed by atoms with E-state index in [1.165, 1.54) is 18.2 Å². The average molecular weight is 449 g/mol. The summed E-state index contributed by atoms with van der Waals surface area (Å²) in [5.74, 6) is -1.11. The van der Waals surface area contributed by atoms with Crippen LogP contribution in [0.4, 0.5) is 0 Å². The maximum absolute atomic E-state index is 11.7. The molecule has 0 fully saturated rings. The lowest BCUT2D eigenvalue weighted by Gasteiger charge is -2.05. The van der Waals surface area contributed by atoms with Gasteiger partial charge in [-0.05, 0) is 42.7 Å². The Morgan fingerprint density at radius 2 is 1.24 bits per heavy atom. The van der Waals surface area contributed by atoms with Crippen LogP contribution in [0.1, 0.15) is 46.0 Å². The van der Waals surface area contributed by atoms with Crippen LogP contribution in [0.25, 0.3) is 0 Å². The van der Waals surface area contributed by atoms with Crippen LogP contribution in [-0.2, 0) is 16.1 Å². The first-order valence-electron chi connectivity index (χ1n) is 10.6. The van der Waals surface area contributed by atoms with Gasteiger partial charge in [0, 0.05) is 0 Å². The van der Waals surface area contributed by atoms with Gasteiger partial charge in [-0.25, -0.2) is 9.59 Å². The Balaban J connectivity index is 0.000000234. The van der Waals surface area contributed by atoms with Crippen molar-refractivity contribution >= 4 is 11.9 Å². The molecule has 0 aliphatic carbocycles. The summed E-state index contributed by atoms with van der Waals surface area (Å²) in [5.41, 5.74) is 1.31. The highest BCUT2D eigenvalue weighted by Crippen LogP contribution is 2.17. The van der Waals surface area contributed by atoms with Crippen LogP contribution < -0.4 is 0 Å². The monoisotopic (exact) mass is 448 g/mol. The number of phenolic OH excluding ortho intramolecular Hbond substituents is 2. The minimum absolute atomic E-state index is 0.0448. The second kappa shape index (κ2) is 14.1. The zero-order valence-electron chi connectivity index (χ0n) is 18.5. The van der Waals surface area contributed by atoms with Crippen LogP contribution in [-0.4, -0.2) is 28.8 Å². The number of benzene rings is 3. The molecular formula is C27H28O6. The van der Waals surface area contributed by atoms with E-state index in [1.807, 2.05) is 49.4 Å². The molecule has 0 spiro atoms. The molecule has 3 aromatic rings. The molecule has 6 nitrogen and oxygen atoms in total. The van der Waals surface area contributed by atoms with E-state index in [0.717, 1.165) is 12.0 Å². The average Bonchev–Trinajstić information content (AvgIpc) is 2.84. The molecule has 0 bridgehead atoms. The Kier molecular flexibility index (Phi) is 10.8. The van der Waals surface area contributed by atoms with Gasteiger partial charge in [-0.1, -0.05) is 73.7 Å². The number of carbonyl (C=O) groups is 2. The van der Waals surface area contributed by atoms with Gasteiger partial charge in [-0.3, -0.25) is 0 Å². The number of hydrogen-bond acceptors (Lipinski definition) is 6. The number of allylic oxidation sites excluding steroid dienone is 1. The molecule has 2 N–H and O–H groups in total. The normalized spacial score (nSPS) is 10.2. The van der Waals surface area contributed by atoms with Crippen molar-refractivity contribution in [2.75, 3.05) is 6.61 Å². The number of esters is 2. The van der Waals surface area contributed by atoms with Crippen molar-refractivity contribution in [3.63, 3.8) is 0 Å². The largest absolute Gasteiger partial charge is 0.507 e. The van der Waals surface area contributed by atoms with Crippen molar-refractivity contribution in [2.45, 2.75) is 26.4 Å². The number of para-hydroxylation sites is 2. The van der Waals surface area contributed by atoms with E-state index >= 15 is 0 Å². The predicted octanol–water partition coefficient (Wildman–Crippen LogP) is 5.65. The van der Waals surface area contributed by atoms with Crippen molar-refractivity contribution < 1.29 is 29.3 Å². The number of phenols is 2. The predicted molar refractivity (Wildman–Crippen MR) is 126 cm³/mol. The van der Waals surface area contributed by atoms with Crippen LogP contribution >= 0.6 is 0 Å². The van der Waals surface area contributed by atoms with Gasteiger partial charge in [0.25, 0.3) is 0 Å². The van der Waals surface area contributed by atoms with Gasteiger partial charge in [-0.15, -0.1) is 0 Å². The van der Waals surface area contributed by atoms with Crippen LogP contribution in [0, 0.1) is 0 Å². The summed E-state index contributed by atoms with van der Waals surface area (Å²) in [5, 5.41) is 18.9. The topological polar surface area (TPSA) is 93.1 Å². The number of ether oxygens (including phenoxy) is 2. The Bertz CT molecular complexity index is 1040. The fraction of sp³-hybridized carbons (Fsp3) is 0.185. The van der Waals surface area contributed by atoms with Crippen LogP contribution in [0.3, 0.4) is 0 Å². The van der Waals surface area contributed by atoms with Crippen LogP contribution in [0.5, 0.6) is 11.5 Å². The van der Waals surface area contributed by atoms with E-state index in [1.54, 1.807) is 30.3 Å². The van der Waals surface area contributed by atoms with Gasteiger partial charge in [0.15, 0.2) is 0 Å². The van der Waals surface area contributed by atoms with Crippen molar-refractivity contribution in [1.82, 2.24) is 0 Å². The van der Waals surface area contributed by atoms with Gasteiger partial charge in [0.1, 0.15) is 29.2 Å². The lowest BCUT2D eigenvalue weighted by molar-refractivity contribution is 0.0467. The van der Waals surface area contributed by atoms with Crippen molar-refractivity contribution in [2.24, 2.45) is 0 Å². The lowest BCUT2D eigenvalue weighted by Crippen LogP contribution is -2.06. The van der Waals surface area contributed by atoms with E-state index in [4.69, 9.17) is 9.47 Å². The van der Waals surface area contributed by atoms with Gasteiger partial charge in [0.05, 0.1) is 6.61 Å². The Hall–Kier alpha value is -4.06. The first-order valence-corrected chi connectivity index (χ1v) is 10.6. The first-order chi connectivity index (χ1) is 16.0. The molecule has 3 aromatic carbocycles. The fourth-order valence-corrected chi connectivity index (χ4v) is 2.68. The summed E-state index contributed by atoms with van der Waals surface area (Å²) in [6.07, 6.45) is 5.67. The second-order valence-electron chi connectivity index (χ2n) is 6.90. The maximum atomic E-state index is 11.7. The summed E-state index contributed by atoms with van der Waals surface area (Å²) < 4.78 is 10.1. The maximum Gasteiger partial charge on any atom is 0.342 e. The van der Waals surface area contributed by atoms with Gasteiger partial charge < -0.3 is 19.7 Å². The van der Waals surface area contributed by atoms with E-state index < -0.39 is 11.9 Å². The Morgan fingerprint density at radius 3 is 1.79 bits per heavy atom. The van der Waals surface area contributed by atoms with E-state index in [0.29, 0.717) is 13.0 Å². The first kappa shape index (κ1) is 25.2. The SMILES string of the molecule is CCC=CCCOC(=O)c1ccccc1O.O=C(OCc1ccccc1)c1ccccc1O. The molecule has 0 saturated carbocycles. The molecule has 3 rings (SSSR count). The molecule has 0 radical (unpaired) electrons. The molecule has 0 saturated heterocycles. The van der Waals surface area contributed by atoms with Gasteiger partial charge in [-0.2, -0.15) is 0 Å². The lowest BCUT2D eigenvalue weighted by atomic mass is 10.2. The molecule has 0 aliphatic rings. The second-order valence-corrected chi connectivity index (χ2v) is 6.90.